The van der Waals surface area contributed by atoms with E-state index in [2.05, 4.69) is 27.2 Å². The molecule has 1 N–H and O–H groups in total. The summed E-state index contributed by atoms with van der Waals surface area (Å²) in [7, 11) is 1.52. The Balaban J connectivity index is 2.50. The number of anilines is 1. The van der Waals surface area contributed by atoms with Crippen LogP contribution in [-0.4, -0.2) is 35.2 Å². The molecule has 1 aromatic heterocycles. The van der Waals surface area contributed by atoms with Crippen LogP contribution in [0.5, 0.6) is 12.0 Å². The summed E-state index contributed by atoms with van der Waals surface area (Å²) in [6, 6.07) is 0.582. The van der Waals surface area contributed by atoms with Crippen molar-refractivity contribution >= 4 is 5.95 Å². The molecule has 6 heteroatoms. The number of ether oxygens (including phenoxy) is 2. The van der Waals surface area contributed by atoms with Crippen molar-refractivity contribution in [2.24, 2.45) is 0 Å². The molecule has 18 heavy (non-hydrogen) atoms. The summed E-state index contributed by atoms with van der Waals surface area (Å²) in [6.45, 7) is 5.52. The highest BCUT2D eigenvalue weighted by Crippen LogP contribution is 2.12. The Labute approximate surface area is 108 Å². The largest absolute Gasteiger partial charge is 0.467 e. The standard InChI is InChI=1S/C12H22N4O2/c1-4-6-7-8-9-18-12-15-10(13-5-2)14-11(16-12)17-3/h4-9H2,1-3H3,(H,13,14,15,16). The van der Waals surface area contributed by atoms with E-state index in [0.717, 1.165) is 13.0 Å². The summed E-state index contributed by atoms with van der Waals surface area (Å²) in [5, 5.41) is 3.01. The van der Waals surface area contributed by atoms with Gasteiger partial charge in [-0.1, -0.05) is 26.2 Å². The van der Waals surface area contributed by atoms with E-state index < -0.39 is 0 Å². The van der Waals surface area contributed by atoms with Crippen LogP contribution in [0, 0.1) is 0 Å². The molecule has 0 spiro atoms. The topological polar surface area (TPSA) is 69.2 Å². The molecule has 0 saturated heterocycles. The maximum Gasteiger partial charge on any atom is 0.324 e. The molecule has 1 aromatic rings. The lowest BCUT2D eigenvalue weighted by molar-refractivity contribution is 0.272. The molecule has 1 rings (SSSR count). The van der Waals surface area contributed by atoms with Crippen molar-refractivity contribution in [3.05, 3.63) is 0 Å². The monoisotopic (exact) mass is 254 g/mol. The van der Waals surface area contributed by atoms with Crippen molar-refractivity contribution < 1.29 is 9.47 Å². The fourth-order valence-electron chi connectivity index (χ4n) is 1.42. The van der Waals surface area contributed by atoms with E-state index in [9.17, 15) is 0 Å². The van der Waals surface area contributed by atoms with Gasteiger partial charge < -0.3 is 14.8 Å². The van der Waals surface area contributed by atoms with Crippen molar-refractivity contribution in [1.29, 1.82) is 0 Å². The van der Waals surface area contributed by atoms with Gasteiger partial charge >= 0.3 is 12.0 Å². The Morgan fingerprint density at radius 1 is 1.00 bits per heavy atom. The normalized spacial score (nSPS) is 10.2. The molecule has 0 amide bonds. The number of unbranched alkanes of at least 4 members (excludes halogenated alkanes) is 3. The lowest BCUT2D eigenvalue weighted by Gasteiger charge is -2.07. The third-order valence-electron chi connectivity index (χ3n) is 2.34. The fraction of sp³-hybridized carbons (Fsp3) is 0.750. The highest BCUT2D eigenvalue weighted by molar-refractivity contribution is 5.26. The molecule has 0 aliphatic carbocycles. The van der Waals surface area contributed by atoms with Gasteiger partial charge in [0.1, 0.15) is 0 Å². The molecule has 0 saturated carbocycles. The number of nitrogens with zero attached hydrogens (tertiary/aromatic N) is 3. The number of aromatic nitrogens is 3. The van der Waals surface area contributed by atoms with Gasteiger partial charge in [-0.2, -0.15) is 9.97 Å². The smallest absolute Gasteiger partial charge is 0.324 e. The average Bonchev–Trinajstić information content (AvgIpc) is 2.38. The Bertz CT molecular complexity index is 347. The van der Waals surface area contributed by atoms with Crippen molar-refractivity contribution in [2.75, 3.05) is 25.6 Å². The fourth-order valence-corrected chi connectivity index (χ4v) is 1.42. The van der Waals surface area contributed by atoms with Crippen LogP contribution in [0.2, 0.25) is 0 Å². The second-order valence-corrected chi connectivity index (χ2v) is 3.87. The predicted molar refractivity (Wildman–Crippen MR) is 70.2 cm³/mol. The molecular weight excluding hydrogens is 232 g/mol. The first-order valence-corrected chi connectivity index (χ1v) is 6.46. The zero-order chi connectivity index (χ0) is 13.2. The average molecular weight is 254 g/mol. The first-order valence-electron chi connectivity index (χ1n) is 6.46. The maximum absolute atomic E-state index is 5.50. The molecule has 6 nitrogen and oxygen atoms in total. The molecule has 0 fully saturated rings. The third kappa shape index (κ3) is 5.16. The van der Waals surface area contributed by atoms with Crippen LogP contribution in [0.4, 0.5) is 5.95 Å². The van der Waals surface area contributed by atoms with Crippen LogP contribution in [0.1, 0.15) is 39.5 Å². The number of rotatable bonds is 9. The molecule has 0 aromatic carbocycles. The number of hydrogen-bond acceptors (Lipinski definition) is 6. The lowest BCUT2D eigenvalue weighted by atomic mass is 10.2. The highest BCUT2D eigenvalue weighted by atomic mass is 16.5. The lowest BCUT2D eigenvalue weighted by Crippen LogP contribution is -2.08. The van der Waals surface area contributed by atoms with Gasteiger partial charge in [0.2, 0.25) is 5.95 Å². The van der Waals surface area contributed by atoms with Crippen LogP contribution >= 0.6 is 0 Å². The maximum atomic E-state index is 5.50. The Morgan fingerprint density at radius 2 is 1.78 bits per heavy atom. The van der Waals surface area contributed by atoms with E-state index in [1.165, 1.54) is 26.4 Å². The summed E-state index contributed by atoms with van der Waals surface area (Å²) in [5.74, 6) is 0.480. The van der Waals surface area contributed by atoms with Crippen molar-refractivity contribution in [3.63, 3.8) is 0 Å². The van der Waals surface area contributed by atoms with Gasteiger partial charge in [0.25, 0.3) is 0 Å². The summed E-state index contributed by atoms with van der Waals surface area (Å²) in [5.41, 5.74) is 0. The predicted octanol–water partition coefficient (Wildman–Crippen LogP) is 2.27. The van der Waals surface area contributed by atoms with E-state index in [0.29, 0.717) is 18.6 Å². The molecular formula is C12H22N4O2. The van der Waals surface area contributed by atoms with Crippen LogP contribution < -0.4 is 14.8 Å². The number of methoxy groups -OCH3 is 1. The van der Waals surface area contributed by atoms with Crippen molar-refractivity contribution in [2.45, 2.75) is 39.5 Å². The second-order valence-electron chi connectivity index (χ2n) is 3.87. The minimum atomic E-state index is 0.268. The molecule has 0 bridgehead atoms. The molecule has 0 radical (unpaired) electrons. The second kappa shape index (κ2) is 8.49. The summed E-state index contributed by atoms with van der Waals surface area (Å²) in [4.78, 5) is 12.3. The zero-order valence-electron chi connectivity index (χ0n) is 11.4. The molecule has 102 valence electrons. The summed E-state index contributed by atoms with van der Waals surface area (Å²) in [6.07, 6.45) is 4.62. The molecule has 0 aliphatic heterocycles. The molecule has 0 unspecified atom stereocenters. The van der Waals surface area contributed by atoms with Crippen LogP contribution in [0.3, 0.4) is 0 Å². The Kier molecular flexibility index (Phi) is 6.83. The van der Waals surface area contributed by atoms with Gasteiger partial charge in [-0.25, -0.2) is 0 Å². The van der Waals surface area contributed by atoms with Crippen LogP contribution in [0.15, 0.2) is 0 Å². The molecule has 1 heterocycles. The van der Waals surface area contributed by atoms with E-state index in [1.807, 2.05) is 6.92 Å². The van der Waals surface area contributed by atoms with Crippen LogP contribution in [0.25, 0.3) is 0 Å². The van der Waals surface area contributed by atoms with E-state index in [4.69, 9.17) is 9.47 Å². The zero-order valence-corrected chi connectivity index (χ0v) is 11.4. The minimum Gasteiger partial charge on any atom is -0.467 e. The van der Waals surface area contributed by atoms with Gasteiger partial charge in [0, 0.05) is 6.54 Å². The van der Waals surface area contributed by atoms with Crippen LogP contribution in [-0.2, 0) is 0 Å². The SMILES string of the molecule is CCCCCCOc1nc(NCC)nc(OC)n1. The van der Waals surface area contributed by atoms with E-state index in [1.54, 1.807) is 0 Å². The van der Waals surface area contributed by atoms with Gasteiger partial charge in [0.15, 0.2) is 0 Å². The first kappa shape index (κ1) is 14.5. The van der Waals surface area contributed by atoms with Crippen molar-refractivity contribution in [1.82, 2.24) is 15.0 Å². The number of hydrogen-bond donors (Lipinski definition) is 1. The van der Waals surface area contributed by atoms with Gasteiger partial charge in [-0.15, -0.1) is 4.98 Å². The Morgan fingerprint density at radius 3 is 2.44 bits per heavy atom. The molecule has 0 aliphatic rings. The first-order chi connectivity index (χ1) is 8.80. The summed E-state index contributed by atoms with van der Waals surface area (Å²) < 4.78 is 10.5. The van der Waals surface area contributed by atoms with E-state index >= 15 is 0 Å². The molecule has 0 atom stereocenters. The summed E-state index contributed by atoms with van der Waals surface area (Å²) >= 11 is 0. The number of nitrogens with one attached hydrogen (secondary N) is 1. The third-order valence-corrected chi connectivity index (χ3v) is 2.34. The van der Waals surface area contributed by atoms with E-state index in [-0.39, 0.29) is 6.01 Å². The highest BCUT2D eigenvalue weighted by Gasteiger charge is 2.06. The van der Waals surface area contributed by atoms with Gasteiger partial charge in [0.05, 0.1) is 13.7 Å². The van der Waals surface area contributed by atoms with Crippen molar-refractivity contribution in [3.8, 4) is 12.0 Å². The Hall–Kier alpha value is -1.59. The minimum absolute atomic E-state index is 0.268. The van der Waals surface area contributed by atoms with Gasteiger partial charge in [-0.3, -0.25) is 0 Å². The quantitative estimate of drug-likeness (QED) is 0.682. The van der Waals surface area contributed by atoms with Gasteiger partial charge in [-0.05, 0) is 13.3 Å².